The summed E-state index contributed by atoms with van der Waals surface area (Å²) in [6.45, 7) is 3.33. The third-order valence-electron chi connectivity index (χ3n) is 4.60. The minimum atomic E-state index is -2.06. The van der Waals surface area contributed by atoms with Crippen LogP contribution in [0.15, 0.2) is 0 Å². The first-order valence-electron chi connectivity index (χ1n) is 10.4. The summed E-state index contributed by atoms with van der Waals surface area (Å²) in [5, 5.41) is 17.7. The molecule has 7 heteroatoms. The highest BCUT2D eigenvalue weighted by Gasteiger charge is 2.35. The lowest BCUT2D eigenvalue weighted by molar-refractivity contribution is -0.161. The standard InChI is InChI=1S/C21H37NO6/c1-4-5-6-7-8-9-10-11-12-13-14-15-17(22)20(28-16(2)23)18(24)19(25)21(26)27-3/h19-20,22,25H,4-15H2,1-3H3. The maximum Gasteiger partial charge on any atom is 0.342 e. The first-order valence-corrected chi connectivity index (χ1v) is 10.4. The molecule has 2 N–H and O–H groups in total. The number of carbonyl (C=O) groups excluding carboxylic acids is 3. The van der Waals surface area contributed by atoms with Gasteiger partial charge in [-0.2, -0.15) is 0 Å². The normalized spacial score (nSPS) is 12.9. The molecule has 0 aliphatic heterocycles. The van der Waals surface area contributed by atoms with Gasteiger partial charge >= 0.3 is 11.9 Å². The van der Waals surface area contributed by atoms with Crippen molar-refractivity contribution in [2.45, 2.75) is 103 Å². The summed E-state index contributed by atoms with van der Waals surface area (Å²) in [7, 11) is 1.04. The zero-order chi connectivity index (χ0) is 21.4. The fourth-order valence-corrected chi connectivity index (χ4v) is 2.95. The van der Waals surface area contributed by atoms with Gasteiger partial charge in [-0.05, 0) is 12.8 Å². The van der Waals surface area contributed by atoms with E-state index in [0.29, 0.717) is 6.42 Å². The van der Waals surface area contributed by atoms with Crippen LogP contribution in [-0.2, 0) is 23.9 Å². The van der Waals surface area contributed by atoms with Gasteiger partial charge < -0.3 is 20.0 Å². The molecule has 0 saturated heterocycles. The predicted octanol–water partition coefficient (Wildman–Crippen LogP) is 3.74. The van der Waals surface area contributed by atoms with Crippen molar-refractivity contribution in [2.24, 2.45) is 0 Å². The van der Waals surface area contributed by atoms with Gasteiger partial charge in [-0.1, -0.05) is 71.1 Å². The molecule has 2 unspecified atom stereocenters. The van der Waals surface area contributed by atoms with E-state index >= 15 is 0 Å². The zero-order valence-corrected chi connectivity index (χ0v) is 17.6. The Morgan fingerprint density at radius 3 is 1.79 bits per heavy atom. The number of aliphatic hydroxyl groups excluding tert-OH is 1. The second-order valence-corrected chi connectivity index (χ2v) is 7.13. The zero-order valence-electron chi connectivity index (χ0n) is 17.6. The van der Waals surface area contributed by atoms with Crippen LogP contribution in [0.25, 0.3) is 0 Å². The van der Waals surface area contributed by atoms with Crippen molar-refractivity contribution in [3.63, 3.8) is 0 Å². The molecule has 28 heavy (non-hydrogen) atoms. The highest BCUT2D eigenvalue weighted by atomic mass is 16.6. The number of hydrogen-bond donors (Lipinski definition) is 2. The monoisotopic (exact) mass is 399 g/mol. The number of carbonyl (C=O) groups is 3. The van der Waals surface area contributed by atoms with Gasteiger partial charge in [-0.25, -0.2) is 4.79 Å². The van der Waals surface area contributed by atoms with E-state index in [2.05, 4.69) is 11.7 Å². The van der Waals surface area contributed by atoms with Gasteiger partial charge in [0.05, 0.1) is 12.8 Å². The van der Waals surface area contributed by atoms with Crippen LogP contribution in [0.5, 0.6) is 0 Å². The summed E-state index contributed by atoms with van der Waals surface area (Å²) in [6.07, 6.45) is 9.45. The number of ether oxygens (including phenoxy) is 2. The Morgan fingerprint density at radius 2 is 1.36 bits per heavy atom. The summed E-state index contributed by atoms with van der Waals surface area (Å²) >= 11 is 0. The first kappa shape index (κ1) is 26.2. The molecule has 0 amide bonds. The number of rotatable bonds is 17. The molecule has 0 aromatic heterocycles. The predicted molar refractivity (Wildman–Crippen MR) is 107 cm³/mol. The Bertz CT molecular complexity index is 491. The molecule has 0 fully saturated rings. The first-order chi connectivity index (χ1) is 13.3. The van der Waals surface area contributed by atoms with E-state index in [-0.39, 0.29) is 12.1 Å². The quantitative estimate of drug-likeness (QED) is 0.167. The van der Waals surface area contributed by atoms with Crippen LogP contribution >= 0.6 is 0 Å². The van der Waals surface area contributed by atoms with Gasteiger partial charge in [0.25, 0.3) is 0 Å². The third-order valence-corrected chi connectivity index (χ3v) is 4.60. The molecule has 0 heterocycles. The maximum atomic E-state index is 12.2. The second kappa shape index (κ2) is 16.2. The molecule has 0 rings (SSSR count). The van der Waals surface area contributed by atoms with E-state index in [4.69, 9.17) is 10.1 Å². The van der Waals surface area contributed by atoms with Crippen LogP contribution in [0, 0.1) is 5.41 Å². The van der Waals surface area contributed by atoms with Crippen LogP contribution in [0.3, 0.4) is 0 Å². The fourth-order valence-electron chi connectivity index (χ4n) is 2.95. The van der Waals surface area contributed by atoms with Gasteiger partial charge in [0, 0.05) is 6.92 Å². The van der Waals surface area contributed by atoms with Crippen molar-refractivity contribution >= 4 is 23.4 Å². The molecule has 0 aliphatic carbocycles. The average Bonchev–Trinajstić information content (AvgIpc) is 2.68. The molecule has 162 valence electrons. The van der Waals surface area contributed by atoms with Crippen molar-refractivity contribution in [2.75, 3.05) is 7.11 Å². The second-order valence-electron chi connectivity index (χ2n) is 7.13. The Morgan fingerprint density at radius 1 is 0.893 bits per heavy atom. The molecule has 0 spiro atoms. The minimum Gasteiger partial charge on any atom is -0.467 e. The molecule has 0 bridgehead atoms. The molecule has 0 aromatic rings. The number of nitrogens with one attached hydrogen (secondary N) is 1. The third kappa shape index (κ3) is 11.8. The average molecular weight is 400 g/mol. The van der Waals surface area contributed by atoms with Crippen molar-refractivity contribution in [3.8, 4) is 0 Å². The number of aliphatic hydroxyl groups is 1. The number of esters is 2. The number of Topliss-reactive ketones (excluding diaryl/α,β-unsaturated/α-hetero) is 1. The van der Waals surface area contributed by atoms with E-state index in [1.54, 1.807) is 0 Å². The largest absolute Gasteiger partial charge is 0.467 e. The Labute approximate surface area is 168 Å². The molecule has 0 radical (unpaired) electrons. The number of hydrogen-bond acceptors (Lipinski definition) is 7. The molecule has 0 saturated carbocycles. The Balaban J connectivity index is 4.14. The van der Waals surface area contributed by atoms with Gasteiger partial charge in [0.2, 0.25) is 18.0 Å². The highest BCUT2D eigenvalue weighted by molar-refractivity contribution is 6.15. The molecule has 7 nitrogen and oxygen atoms in total. The molecule has 0 aromatic carbocycles. The van der Waals surface area contributed by atoms with Gasteiger partial charge in [-0.3, -0.25) is 9.59 Å². The Hall–Kier alpha value is -1.76. The van der Waals surface area contributed by atoms with Gasteiger partial charge in [0.15, 0.2) is 0 Å². The summed E-state index contributed by atoms with van der Waals surface area (Å²) in [4.78, 5) is 34.7. The van der Waals surface area contributed by atoms with E-state index < -0.39 is 29.9 Å². The molecule has 0 aliphatic rings. The summed E-state index contributed by atoms with van der Waals surface area (Å²) in [5.74, 6) is -2.93. The van der Waals surface area contributed by atoms with E-state index in [9.17, 15) is 19.5 Å². The van der Waals surface area contributed by atoms with Crippen molar-refractivity contribution < 1.29 is 29.0 Å². The fraction of sp³-hybridized carbons (Fsp3) is 0.810. The molecule has 2 atom stereocenters. The molecular weight excluding hydrogens is 362 g/mol. The summed E-state index contributed by atoms with van der Waals surface area (Å²) in [5.41, 5.74) is -0.112. The number of unbranched alkanes of at least 4 members (excludes halogenated alkanes) is 10. The summed E-state index contributed by atoms with van der Waals surface area (Å²) in [6, 6.07) is 0. The number of ketones is 1. The highest BCUT2D eigenvalue weighted by Crippen LogP contribution is 2.13. The van der Waals surface area contributed by atoms with Crippen LogP contribution in [-0.4, -0.2) is 47.9 Å². The van der Waals surface area contributed by atoms with Crippen molar-refractivity contribution in [1.82, 2.24) is 0 Å². The Kier molecular flexibility index (Phi) is 15.2. The van der Waals surface area contributed by atoms with Crippen LogP contribution < -0.4 is 0 Å². The lowest BCUT2D eigenvalue weighted by Gasteiger charge is -2.19. The molecular formula is C21H37NO6. The smallest absolute Gasteiger partial charge is 0.342 e. The summed E-state index contributed by atoms with van der Waals surface area (Å²) < 4.78 is 9.18. The van der Waals surface area contributed by atoms with Crippen LogP contribution in [0.2, 0.25) is 0 Å². The van der Waals surface area contributed by atoms with E-state index in [0.717, 1.165) is 33.3 Å². The lowest BCUT2D eigenvalue weighted by atomic mass is 9.99. The van der Waals surface area contributed by atoms with E-state index in [1.807, 2.05) is 0 Å². The van der Waals surface area contributed by atoms with Gasteiger partial charge in [0.1, 0.15) is 0 Å². The van der Waals surface area contributed by atoms with E-state index in [1.165, 1.54) is 44.9 Å². The van der Waals surface area contributed by atoms with Crippen molar-refractivity contribution in [3.05, 3.63) is 0 Å². The van der Waals surface area contributed by atoms with Gasteiger partial charge in [-0.15, -0.1) is 0 Å². The topological polar surface area (TPSA) is 114 Å². The minimum absolute atomic E-state index is 0.112. The maximum absolute atomic E-state index is 12.2. The van der Waals surface area contributed by atoms with Crippen LogP contribution in [0.4, 0.5) is 0 Å². The van der Waals surface area contributed by atoms with Crippen molar-refractivity contribution in [1.29, 1.82) is 5.41 Å². The van der Waals surface area contributed by atoms with Crippen LogP contribution in [0.1, 0.15) is 90.9 Å². The SMILES string of the molecule is CCCCCCCCCCCCCC(=N)C(OC(C)=O)C(=O)C(O)C(=O)OC. The lowest BCUT2D eigenvalue weighted by Crippen LogP contribution is -2.44. The number of methoxy groups -OCH3 is 1.